The lowest BCUT2D eigenvalue weighted by molar-refractivity contribution is -0.158. The van der Waals surface area contributed by atoms with Crippen molar-refractivity contribution in [3.05, 3.63) is 0 Å². The largest absolute Gasteiger partial charge is 0.465 e. The molecule has 1 saturated heterocycles. The zero-order valence-corrected chi connectivity index (χ0v) is 82.3. The summed E-state index contributed by atoms with van der Waals surface area (Å²) < 4.78 is 61.5. The summed E-state index contributed by atoms with van der Waals surface area (Å²) in [5.74, 6) is -0.0313. The van der Waals surface area contributed by atoms with Crippen molar-refractivity contribution in [1.29, 1.82) is 0 Å². The van der Waals surface area contributed by atoms with Gasteiger partial charge in [0.15, 0.2) is 0 Å². The lowest BCUT2D eigenvalue weighted by Gasteiger charge is -2.49. The first-order chi connectivity index (χ1) is 47.3. The highest BCUT2D eigenvalue weighted by atomic mass is 19.3. The van der Waals surface area contributed by atoms with Gasteiger partial charge in [-0.1, -0.05) is 311 Å². The second kappa shape index (κ2) is 35.4. The van der Waals surface area contributed by atoms with Gasteiger partial charge in [-0.05, 0) is 264 Å². The summed E-state index contributed by atoms with van der Waals surface area (Å²) in [6, 6.07) is 0. The summed E-state index contributed by atoms with van der Waals surface area (Å²) >= 11 is 0. The van der Waals surface area contributed by atoms with Gasteiger partial charge in [0.05, 0.1) is 19.8 Å². The minimum absolute atomic E-state index is 0.0590. The number of hydrogen-bond acceptors (Lipinski definition) is 3. The fourth-order valence-corrected chi connectivity index (χ4v) is 15.0. The molecule has 3 nitrogen and oxygen atoms in total. The van der Waals surface area contributed by atoms with Crippen molar-refractivity contribution >= 4 is 5.97 Å². The highest BCUT2D eigenvalue weighted by molar-refractivity contribution is 5.66. The van der Waals surface area contributed by atoms with Crippen LogP contribution in [0.2, 0.25) is 0 Å². The summed E-state index contributed by atoms with van der Waals surface area (Å²) in [4.78, 5) is 10.6. The monoisotopic (exact) mass is 1530 g/mol. The first-order valence-corrected chi connectivity index (χ1v) is 44.7. The Morgan fingerprint density at radius 3 is 0.676 bits per heavy atom. The quantitative estimate of drug-likeness (QED) is 0.196. The van der Waals surface area contributed by atoms with Gasteiger partial charge in [0, 0.05) is 29.6 Å². The Labute approximate surface area is 675 Å². The van der Waals surface area contributed by atoms with Crippen molar-refractivity contribution in [2.24, 2.45) is 138 Å². The molecule has 12 fully saturated rings. The average molecular weight is 1530 g/mol. The van der Waals surface area contributed by atoms with Gasteiger partial charge in [-0.15, -0.1) is 0 Å². The van der Waals surface area contributed by atoms with Crippen molar-refractivity contribution in [2.75, 3.05) is 19.8 Å². The van der Waals surface area contributed by atoms with E-state index >= 15 is 0 Å². The Kier molecular flexibility index (Phi) is 34.4. The molecule has 108 heavy (non-hydrogen) atoms. The molecular weight excluding hydrogens is 1340 g/mol. The van der Waals surface area contributed by atoms with Crippen molar-refractivity contribution in [1.82, 2.24) is 0 Å². The molecule has 0 N–H and O–H groups in total. The van der Waals surface area contributed by atoms with Gasteiger partial charge < -0.3 is 9.47 Å². The molecule has 0 spiro atoms. The van der Waals surface area contributed by atoms with Crippen LogP contribution in [0, 0.1) is 138 Å². The number of hydrogen-bond donors (Lipinski definition) is 0. The molecular formula is C101H196F4O3. The maximum Gasteiger partial charge on any atom is 0.302 e. The summed E-state index contributed by atoms with van der Waals surface area (Å²) in [5, 5.41) is 0. The van der Waals surface area contributed by atoms with Crippen LogP contribution in [0.4, 0.5) is 17.6 Å². The van der Waals surface area contributed by atoms with E-state index in [1.807, 2.05) is 20.8 Å². The molecule has 1 aliphatic heterocycles. The third-order valence-electron chi connectivity index (χ3n) is 34.1. The topological polar surface area (TPSA) is 35.5 Å². The first-order valence-electron chi connectivity index (χ1n) is 44.7. The number of carbonyl (C=O) groups excluding carboxylic acids is 1. The van der Waals surface area contributed by atoms with Crippen molar-refractivity contribution in [3.8, 4) is 0 Å². The standard InChI is InChI=1S/C10H18O2.C9H17F.3C9H18.C8H14F2.C8H16O.4C8H16.C7H13F/c1-8(11)12-7-10(5-6-10)9(2,3)4;1-6(2)7-5-8(7)9(3,4)10;2*1-8(2,3)9(4)6-5-7-9;1-5-9(6-7-9)8(2,3)4;1-6(2,3)7(4)5-8(7,9)10;1-7(2,3)8(4)5-9-6-8;4*1-7(2,3)8(4)5-6-8;1-5(2)6-4-7(6,3)8/h5-7H2,1-4H3;6-8H,5H2,1-4H3;3*5-7H2,1-4H3;5H2,1-4H3;5-6H2,1-4H3;4*5-6H2,1-4H3;5-6H,4H2,1-3H3. The molecule has 12 aliphatic rings. The minimum Gasteiger partial charge on any atom is -0.465 e. The van der Waals surface area contributed by atoms with E-state index in [0.717, 1.165) is 31.5 Å². The third kappa shape index (κ3) is 30.3. The van der Waals surface area contributed by atoms with Crippen LogP contribution in [0.5, 0.6) is 0 Å². The number of rotatable bonds is 6. The highest BCUT2D eigenvalue weighted by Crippen LogP contribution is 2.69. The molecule has 5 atom stereocenters. The van der Waals surface area contributed by atoms with Crippen LogP contribution in [0.15, 0.2) is 0 Å². The van der Waals surface area contributed by atoms with Gasteiger partial charge >= 0.3 is 5.97 Å². The normalized spacial score (nSPS) is 28.1. The molecule has 646 valence electrons. The van der Waals surface area contributed by atoms with Crippen molar-refractivity contribution in [3.63, 3.8) is 0 Å². The maximum absolute atomic E-state index is 13.2. The predicted octanol–water partition coefficient (Wildman–Crippen LogP) is 33.9. The molecule has 0 bridgehead atoms. The van der Waals surface area contributed by atoms with E-state index in [1.54, 1.807) is 27.7 Å². The SMILES string of the molecule is CC(=O)OCC1(C(C)(C)C)CC1.CC(C)(C)C1(C)CC1.CC(C)(C)C1(C)CC1.CC(C)(C)C1(C)CC1.CC(C)(C)C1(C)CC1.CC(C)(C)C1(C)CC1(F)F.CC(C)(C)C1(C)CCC1.CC(C)(C)C1(C)CCC1.CC(C)(C)C1(C)COC1.CC(C)C1CC1(C)F.CC(C)C1CC1C(C)(C)F.CCC1(C(C)(C)C)CC1. The van der Waals surface area contributed by atoms with Crippen LogP contribution in [-0.4, -0.2) is 43.0 Å². The van der Waals surface area contributed by atoms with E-state index in [0.29, 0.717) is 117 Å². The molecule has 0 amide bonds. The number of carbonyl (C=O) groups is 1. The number of ether oxygens (including phenoxy) is 2. The molecule has 0 aromatic rings. The van der Waals surface area contributed by atoms with E-state index in [1.165, 1.54) is 129 Å². The Hall–Kier alpha value is -0.850. The van der Waals surface area contributed by atoms with E-state index in [9.17, 15) is 22.4 Å². The molecule has 5 unspecified atom stereocenters. The first kappa shape index (κ1) is 105. The van der Waals surface area contributed by atoms with E-state index in [2.05, 4.69) is 270 Å². The summed E-state index contributed by atoms with van der Waals surface area (Å²) in [7, 11) is 0. The summed E-state index contributed by atoms with van der Waals surface area (Å²) in [6.07, 6.45) is 28.8. The van der Waals surface area contributed by atoms with Crippen LogP contribution < -0.4 is 0 Å². The summed E-state index contributed by atoms with van der Waals surface area (Å²) in [5.41, 5.74) is 7.24. The molecule has 0 aromatic carbocycles. The van der Waals surface area contributed by atoms with Crippen LogP contribution in [-0.2, 0) is 14.3 Å². The number of esters is 1. The lowest BCUT2D eigenvalue weighted by atomic mass is 9.56. The zero-order valence-electron chi connectivity index (χ0n) is 82.3. The zero-order chi connectivity index (χ0) is 86.1. The third-order valence-corrected chi connectivity index (χ3v) is 34.1. The van der Waals surface area contributed by atoms with Gasteiger partial charge in [-0.25, -0.2) is 17.6 Å². The Bertz CT molecular complexity index is 2450. The fraction of sp³-hybridized carbons (Fsp3) is 0.990. The van der Waals surface area contributed by atoms with Crippen molar-refractivity contribution < 1.29 is 31.8 Å². The number of halogens is 4. The van der Waals surface area contributed by atoms with Gasteiger partial charge in [-0.2, -0.15) is 0 Å². The molecule has 0 radical (unpaired) electrons. The van der Waals surface area contributed by atoms with E-state index in [-0.39, 0.29) is 28.6 Å². The van der Waals surface area contributed by atoms with Crippen LogP contribution in [0.25, 0.3) is 0 Å². The minimum atomic E-state index is -2.41. The Balaban J connectivity index is 0.000000590. The summed E-state index contributed by atoms with van der Waals surface area (Å²) in [6.45, 7) is 106. The van der Waals surface area contributed by atoms with E-state index in [4.69, 9.17) is 9.47 Å². The Morgan fingerprint density at radius 2 is 0.639 bits per heavy atom. The highest BCUT2D eigenvalue weighted by Gasteiger charge is 2.72. The fourth-order valence-electron chi connectivity index (χ4n) is 15.0. The molecule has 11 aliphatic carbocycles. The van der Waals surface area contributed by atoms with Gasteiger partial charge in [0.1, 0.15) is 11.3 Å². The van der Waals surface area contributed by atoms with Crippen LogP contribution >= 0.6 is 0 Å². The van der Waals surface area contributed by atoms with Crippen molar-refractivity contribution in [2.45, 2.75) is 484 Å². The second-order valence-corrected chi connectivity index (χ2v) is 52.2. The molecule has 0 aromatic heterocycles. The predicted molar refractivity (Wildman–Crippen MR) is 469 cm³/mol. The van der Waals surface area contributed by atoms with Gasteiger partial charge in [0.2, 0.25) is 0 Å². The van der Waals surface area contributed by atoms with Gasteiger partial charge in [-0.3, -0.25) is 4.79 Å². The molecule has 11 saturated carbocycles. The Morgan fingerprint density at radius 1 is 0.389 bits per heavy atom. The van der Waals surface area contributed by atoms with E-state index < -0.39 is 22.7 Å². The van der Waals surface area contributed by atoms with Crippen LogP contribution in [0.3, 0.4) is 0 Å². The maximum atomic E-state index is 13.2. The smallest absolute Gasteiger partial charge is 0.302 e. The molecule has 7 heteroatoms. The molecule has 12 rings (SSSR count). The average Bonchev–Trinajstić information content (AvgIpc) is 1.54. The lowest BCUT2D eigenvalue weighted by Crippen LogP contribution is -2.49. The molecule has 1 heterocycles. The number of alkyl halides is 4. The van der Waals surface area contributed by atoms with Gasteiger partial charge in [0.25, 0.3) is 5.92 Å². The second-order valence-electron chi connectivity index (χ2n) is 52.2. The van der Waals surface area contributed by atoms with Crippen LogP contribution in [0.1, 0.15) is 467 Å².